The van der Waals surface area contributed by atoms with E-state index >= 15 is 0 Å². The topological polar surface area (TPSA) is 77.6 Å². The van der Waals surface area contributed by atoms with Crippen molar-refractivity contribution < 1.29 is 0 Å². The van der Waals surface area contributed by atoms with Crippen LogP contribution >= 0.6 is 34.9 Å². The first-order valence-corrected chi connectivity index (χ1v) is 6.77. The van der Waals surface area contributed by atoms with Crippen molar-refractivity contribution in [3.8, 4) is 0 Å². The molecule has 2 rings (SSSR count). The van der Waals surface area contributed by atoms with Gasteiger partial charge in [0.1, 0.15) is 5.03 Å². The highest BCUT2D eigenvalue weighted by Gasteiger charge is 2.08. The van der Waals surface area contributed by atoms with Gasteiger partial charge in [-0.2, -0.15) is 0 Å². The molecule has 0 saturated carbocycles. The fourth-order valence-corrected chi connectivity index (χ4v) is 3.14. The van der Waals surface area contributed by atoms with Gasteiger partial charge in [-0.25, -0.2) is 9.97 Å². The summed E-state index contributed by atoms with van der Waals surface area (Å²) in [5.74, 6) is 0.420. The molecule has 0 atom stereocenters. The smallest absolute Gasteiger partial charge is 0.181 e. The van der Waals surface area contributed by atoms with Crippen LogP contribution in [0, 0.1) is 0 Å². The molecule has 0 radical (unpaired) electrons. The van der Waals surface area contributed by atoms with Crippen LogP contribution in [0.4, 0.5) is 5.82 Å². The standard InChI is InChI=1S/C7H7N5S3/c1-13-6-11-12-7(15-6)14-5-4(8)9-2-3-10-5/h2-3H,1H3,(H2,8,9). The molecule has 0 aliphatic heterocycles. The van der Waals surface area contributed by atoms with E-state index in [1.165, 1.54) is 23.1 Å². The molecular weight excluding hydrogens is 250 g/mol. The minimum atomic E-state index is 0.420. The maximum atomic E-state index is 5.66. The number of nitrogens with two attached hydrogens (primary N) is 1. The van der Waals surface area contributed by atoms with Crippen LogP contribution in [0.15, 0.2) is 26.1 Å². The molecular formula is C7H7N5S3. The maximum absolute atomic E-state index is 5.66. The maximum Gasteiger partial charge on any atom is 0.181 e. The zero-order valence-corrected chi connectivity index (χ0v) is 10.2. The van der Waals surface area contributed by atoms with Crippen molar-refractivity contribution in [2.75, 3.05) is 12.0 Å². The van der Waals surface area contributed by atoms with Gasteiger partial charge in [-0.05, 0) is 18.0 Å². The molecule has 0 amide bonds. The van der Waals surface area contributed by atoms with Gasteiger partial charge in [-0.1, -0.05) is 23.1 Å². The number of aromatic nitrogens is 4. The van der Waals surface area contributed by atoms with Crippen molar-refractivity contribution in [1.82, 2.24) is 20.2 Å². The van der Waals surface area contributed by atoms with E-state index in [0.717, 1.165) is 8.68 Å². The summed E-state index contributed by atoms with van der Waals surface area (Å²) in [5, 5.41) is 8.66. The Morgan fingerprint density at radius 3 is 2.60 bits per heavy atom. The van der Waals surface area contributed by atoms with Crippen LogP contribution in [-0.2, 0) is 0 Å². The molecule has 0 spiro atoms. The second kappa shape index (κ2) is 4.77. The quantitative estimate of drug-likeness (QED) is 0.840. The summed E-state index contributed by atoms with van der Waals surface area (Å²) in [7, 11) is 0. The summed E-state index contributed by atoms with van der Waals surface area (Å²) in [6.07, 6.45) is 5.13. The van der Waals surface area contributed by atoms with Crippen LogP contribution in [0.25, 0.3) is 0 Å². The van der Waals surface area contributed by atoms with E-state index in [1.54, 1.807) is 24.2 Å². The summed E-state index contributed by atoms with van der Waals surface area (Å²) < 4.78 is 1.76. The fourth-order valence-electron chi connectivity index (χ4n) is 0.818. The minimum absolute atomic E-state index is 0.420. The number of thioether (sulfide) groups is 1. The average molecular weight is 257 g/mol. The molecule has 0 fully saturated rings. The van der Waals surface area contributed by atoms with Crippen molar-refractivity contribution in [1.29, 1.82) is 0 Å². The SMILES string of the molecule is CSc1nnc(Sc2nccnc2N)s1. The van der Waals surface area contributed by atoms with E-state index in [1.807, 2.05) is 6.26 Å². The summed E-state index contributed by atoms with van der Waals surface area (Å²) in [6.45, 7) is 0. The van der Waals surface area contributed by atoms with Crippen molar-refractivity contribution in [3.63, 3.8) is 0 Å². The largest absolute Gasteiger partial charge is 0.381 e. The number of hydrogen-bond donors (Lipinski definition) is 1. The number of nitrogen functional groups attached to an aromatic ring is 1. The summed E-state index contributed by atoms with van der Waals surface area (Å²) in [6, 6.07) is 0. The highest BCUT2D eigenvalue weighted by molar-refractivity contribution is 8.03. The molecule has 2 aromatic heterocycles. The lowest BCUT2D eigenvalue weighted by molar-refractivity contribution is 0.952. The van der Waals surface area contributed by atoms with Gasteiger partial charge in [0.15, 0.2) is 14.5 Å². The van der Waals surface area contributed by atoms with Gasteiger partial charge < -0.3 is 5.73 Å². The van der Waals surface area contributed by atoms with Gasteiger partial charge in [0, 0.05) is 12.4 Å². The van der Waals surface area contributed by atoms with Gasteiger partial charge in [-0.3, -0.25) is 0 Å². The zero-order chi connectivity index (χ0) is 10.7. The van der Waals surface area contributed by atoms with Crippen LogP contribution in [0.2, 0.25) is 0 Å². The van der Waals surface area contributed by atoms with Crippen LogP contribution in [0.1, 0.15) is 0 Å². The van der Waals surface area contributed by atoms with Crippen molar-refractivity contribution in [2.45, 2.75) is 13.7 Å². The van der Waals surface area contributed by atoms with Crippen LogP contribution in [0.3, 0.4) is 0 Å². The molecule has 78 valence electrons. The Balaban J connectivity index is 2.18. The fraction of sp³-hybridized carbons (Fsp3) is 0.143. The predicted octanol–water partition coefficient (Wildman–Crippen LogP) is 1.78. The van der Waals surface area contributed by atoms with Gasteiger partial charge >= 0.3 is 0 Å². The van der Waals surface area contributed by atoms with E-state index in [0.29, 0.717) is 10.8 Å². The average Bonchev–Trinajstić information content (AvgIpc) is 2.69. The monoisotopic (exact) mass is 257 g/mol. The van der Waals surface area contributed by atoms with E-state index < -0.39 is 0 Å². The Morgan fingerprint density at radius 2 is 1.93 bits per heavy atom. The lowest BCUT2D eigenvalue weighted by Gasteiger charge is -1.97. The molecule has 0 aliphatic rings. The highest BCUT2D eigenvalue weighted by atomic mass is 32.2. The molecule has 0 aliphatic carbocycles. The van der Waals surface area contributed by atoms with Gasteiger partial charge in [-0.15, -0.1) is 10.2 Å². The van der Waals surface area contributed by atoms with Crippen molar-refractivity contribution >= 4 is 40.7 Å². The van der Waals surface area contributed by atoms with Crippen LogP contribution < -0.4 is 5.73 Å². The van der Waals surface area contributed by atoms with E-state index in [4.69, 9.17) is 5.73 Å². The van der Waals surface area contributed by atoms with Gasteiger partial charge in [0.25, 0.3) is 0 Å². The molecule has 2 N–H and O–H groups in total. The Labute approximate surface area is 98.9 Å². The van der Waals surface area contributed by atoms with E-state index in [9.17, 15) is 0 Å². The van der Waals surface area contributed by atoms with Gasteiger partial charge in [0.2, 0.25) is 0 Å². The third-order valence-electron chi connectivity index (χ3n) is 1.44. The lowest BCUT2D eigenvalue weighted by Crippen LogP contribution is -1.94. The Hall–Kier alpha value is -0.860. The van der Waals surface area contributed by atoms with Crippen molar-refractivity contribution in [3.05, 3.63) is 12.4 Å². The molecule has 2 aromatic rings. The first-order chi connectivity index (χ1) is 7.29. The third kappa shape index (κ3) is 2.58. The van der Waals surface area contributed by atoms with Gasteiger partial charge in [0.05, 0.1) is 0 Å². The second-order valence-electron chi connectivity index (χ2n) is 2.39. The number of hydrogen-bond acceptors (Lipinski definition) is 8. The molecule has 0 aromatic carbocycles. The molecule has 0 saturated heterocycles. The molecule has 8 heteroatoms. The first-order valence-electron chi connectivity index (χ1n) is 3.91. The number of nitrogens with zero attached hydrogens (tertiary/aromatic N) is 4. The third-order valence-corrected chi connectivity index (χ3v) is 4.40. The van der Waals surface area contributed by atoms with Crippen LogP contribution in [0.5, 0.6) is 0 Å². The molecule has 2 heterocycles. The summed E-state index contributed by atoms with van der Waals surface area (Å²) >= 11 is 4.47. The zero-order valence-electron chi connectivity index (χ0n) is 7.75. The normalized spacial score (nSPS) is 10.5. The van der Waals surface area contributed by atoms with E-state index in [2.05, 4.69) is 20.2 Å². The first kappa shape index (κ1) is 10.7. The molecule has 0 unspecified atom stereocenters. The minimum Gasteiger partial charge on any atom is -0.381 e. The highest BCUT2D eigenvalue weighted by Crippen LogP contribution is 2.33. The van der Waals surface area contributed by atoms with Crippen LogP contribution in [-0.4, -0.2) is 26.4 Å². The Morgan fingerprint density at radius 1 is 1.20 bits per heavy atom. The molecule has 0 bridgehead atoms. The molecule has 5 nitrogen and oxygen atoms in total. The second-order valence-corrected chi connectivity index (χ2v) is 5.65. The van der Waals surface area contributed by atoms with E-state index in [-0.39, 0.29) is 0 Å². The summed E-state index contributed by atoms with van der Waals surface area (Å²) in [4.78, 5) is 8.06. The number of anilines is 1. The lowest BCUT2D eigenvalue weighted by atomic mass is 10.7. The Kier molecular flexibility index (Phi) is 3.39. The van der Waals surface area contributed by atoms with Crippen molar-refractivity contribution in [2.24, 2.45) is 0 Å². The Bertz CT molecular complexity index is 457. The summed E-state index contributed by atoms with van der Waals surface area (Å²) in [5.41, 5.74) is 5.66. The molecule has 15 heavy (non-hydrogen) atoms. The number of rotatable bonds is 3. The predicted molar refractivity (Wildman–Crippen MR) is 62.3 cm³/mol.